The van der Waals surface area contributed by atoms with E-state index in [4.69, 9.17) is 5.73 Å². The van der Waals surface area contributed by atoms with Crippen LogP contribution in [0.25, 0.3) is 0 Å². The molecular weight excluding hydrogens is 174 g/mol. The lowest BCUT2D eigenvalue weighted by Gasteiger charge is -2.26. The first-order valence-electron chi connectivity index (χ1n) is 4.52. The Morgan fingerprint density at radius 2 is 2.08 bits per heavy atom. The van der Waals surface area contributed by atoms with Gasteiger partial charge in [-0.2, -0.15) is 0 Å². The van der Waals surface area contributed by atoms with Gasteiger partial charge in [0.05, 0.1) is 11.0 Å². The Labute approximate surface area is 73.2 Å². The smallest absolute Gasteiger partial charge is 0.153 e. The summed E-state index contributed by atoms with van der Waals surface area (Å²) in [6, 6.07) is 0. The Morgan fingerprint density at radius 3 is 2.42 bits per heavy atom. The molecule has 3 nitrogen and oxygen atoms in total. The van der Waals surface area contributed by atoms with Crippen LogP contribution in [0.15, 0.2) is 0 Å². The Balaban J connectivity index is 1.81. The number of nitrogens with two attached hydrogens (primary N) is 1. The molecule has 4 heteroatoms. The van der Waals surface area contributed by atoms with Crippen molar-refractivity contribution in [1.82, 2.24) is 0 Å². The third-order valence-electron chi connectivity index (χ3n) is 3.09. The maximum atomic E-state index is 11.1. The van der Waals surface area contributed by atoms with Gasteiger partial charge in [0.2, 0.25) is 0 Å². The molecule has 0 aromatic rings. The van der Waals surface area contributed by atoms with E-state index in [1.165, 1.54) is 0 Å². The zero-order chi connectivity index (χ0) is 8.82. The molecule has 0 spiro atoms. The molecular formula is C8H15NO2S. The first kappa shape index (κ1) is 8.51. The van der Waals surface area contributed by atoms with Crippen molar-refractivity contribution >= 4 is 9.84 Å². The van der Waals surface area contributed by atoms with E-state index in [9.17, 15) is 8.42 Å². The number of hydrogen-bond donors (Lipinski definition) is 1. The van der Waals surface area contributed by atoms with Gasteiger partial charge in [0, 0.05) is 5.54 Å². The van der Waals surface area contributed by atoms with Crippen LogP contribution in [0.1, 0.15) is 32.1 Å². The van der Waals surface area contributed by atoms with Crippen molar-refractivity contribution in [2.45, 2.75) is 42.9 Å². The van der Waals surface area contributed by atoms with E-state index < -0.39 is 9.84 Å². The summed E-state index contributed by atoms with van der Waals surface area (Å²) < 4.78 is 22.2. The zero-order valence-electron chi connectivity index (χ0n) is 7.12. The van der Waals surface area contributed by atoms with Gasteiger partial charge in [0.25, 0.3) is 0 Å². The molecule has 1 saturated heterocycles. The highest BCUT2D eigenvalue weighted by atomic mass is 32.2. The Kier molecular flexibility index (Phi) is 1.74. The van der Waals surface area contributed by atoms with Gasteiger partial charge in [-0.25, -0.2) is 8.42 Å². The maximum Gasteiger partial charge on any atom is 0.153 e. The average molecular weight is 189 g/mol. The standard InChI is InChI=1S/C8H15NO2S/c9-8(4-5-8)3-1-7-2-6-12(7,10)11/h7H,1-6,9H2. The highest BCUT2D eigenvalue weighted by molar-refractivity contribution is 7.93. The van der Waals surface area contributed by atoms with Gasteiger partial charge in [-0.15, -0.1) is 0 Å². The summed E-state index contributed by atoms with van der Waals surface area (Å²) in [6.07, 6.45) is 4.72. The second kappa shape index (κ2) is 2.45. The molecule has 1 unspecified atom stereocenters. The Bertz CT molecular complexity index is 279. The van der Waals surface area contributed by atoms with Crippen molar-refractivity contribution < 1.29 is 8.42 Å². The molecule has 0 radical (unpaired) electrons. The molecule has 1 atom stereocenters. The van der Waals surface area contributed by atoms with Crippen molar-refractivity contribution in [1.29, 1.82) is 0 Å². The number of rotatable bonds is 3. The van der Waals surface area contributed by atoms with Gasteiger partial charge in [-0.05, 0) is 32.1 Å². The topological polar surface area (TPSA) is 60.2 Å². The lowest BCUT2D eigenvalue weighted by atomic mass is 10.1. The van der Waals surface area contributed by atoms with Gasteiger partial charge in [-0.1, -0.05) is 0 Å². The maximum absolute atomic E-state index is 11.1. The first-order valence-corrected chi connectivity index (χ1v) is 6.24. The predicted octanol–water partition coefficient (Wildman–Crippen LogP) is 0.445. The lowest BCUT2D eigenvalue weighted by molar-refractivity contribution is 0.499. The van der Waals surface area contributed by atoms with Crippen LogP contribution in [-0.4, -0.2) is 25.0 Å². The van der Waals surface area contributed by atoms with Crippen molar-refractivity contribution in [3.05, 3.63) is 0 Å². The summed E-state index contributed by atoms with van der Waals surface area (Å²) in [7, 11) is -2.67. The molecule has 12 heavy (non-hydrogen) atoms. The molecule has 0 bridgehead atoms. The molecule has 2 N–H and O–H groups in total. The number of sulfone groups is 1. The largest absolute Gasteiger partial charge is 0.325 e. The fourth-order valence-electron chi connectivity index (χ4n) is 1.66. The third-order valence-corrected chi connectivity index (χ3v) is 5.38. The second-order valence-corrected chi connectivity index (χ2v) is 6.58. The van der Waals surface area contributed by atoms with Gasteiger partial charge >= 0.3 is 0 Å². The highest BCUT2D eigenvalue weighted by Crippen LogP contribution is 2.39. The first-order chi connectivity index (χ1) is 5.52. The molecule has 1 heterocycles. The van der Waals surface area contributed by atoms with Crippen molar-refractivity contribution in [3.63, 3.8) is 0 Å². The highest BCUT2D eigenvalue weighted by Gasteiger charge is 2.41. The molecule has 0 aromatic carbocycles. The fourth-order valence-corrected chi connectivity index (χ4v) is 3.09. The zero-order valence-corrected chi connectivity index (χ0v) is 7.94. The monoisotopic (exact) mass is 189 g/mol. The second-order valence-electron chi connectivity index (χ2n) is 4.18. The van der Waals surface area contributed by atoms with Crippen LogP contribution in [0.5, 0.6) is 0 Å². The predicted molar refractivity (Wildman–Crippen MR) is 47.6 cm³/mol. The van der Waals surface area contributed by atoms with Crippen LogP contribution in [0.2, 0.25) is 0 Å². The van der Waals surface area contributed by atoms with E-state index in [1.807, 2.05) is 0 Å². The summed E-state index contributed by atoms with van der Waals surface area (Å²) in [5.74, 6) is 0.398. The Hall–Kier alpha value is -0.0900. The van der Waals surface area contributed by atoms with Crippen molar-refractivity contribution in [3.8, 4) is 0 Å². The van der Waals surface area contributed by atoms with Crippen molar-refractivity contribution in [2.75, 3.05) is 5.75 Å². The van der Waals surface area contributed by atoms with Gasteiger partial charge < -0.3 is 5.73 Å². The van der Waals surface area contributed by atoms with Crippen LogP contribution in [0.4, 0.5) is 0 Å². The molecule has 2 fully saturated rings. The van der Waals surface area contributed by atoms with Crippen LogP contribution in [0, 0.1) is 0 Å². The van der Waals surface area contributed by atoms with E-state index in [-0.39, 0.29) is 10.8 Å². The van der Waals surface area contributed by atoms with E-state index >= 15 is 0 Å². The molecule has 0 aromatic heterocycles. The van der Waals surface area contributed by atoms with Gasteiger partial charge in [0.1, 0.15) is 0 Å². The van der Waals surface area contributed by atoms with Crippen LogP contribution >= 0.6 is 0 Å². The summed E-state index contributed by atoms with van der Waals surface area (Å²) >= 11 is 0. The molecule has 70 valence electrons. The van der Waals surface area contributed by atoms with E-state index in [0.29, 0.717) is 5.75 Å². The minimum absolute atomic E-state index is 0.0190. The summed E-state index contributed by atoms with van der Waals surface area (Å²) in [5.41, 5.74) is 5.89. The summed E-state index contributed by atoms with van der Waals surface area (Å²) in [6.45, 7) is 0. The van der Waals surface area contributed by atoms with Crippen LogP contribution < -0.4 is 5.73 Å². The minimum Gasteiger partial charge on any atom is -0.325 e. The molecule has 2 aliphatic rings. The fraction of sp³-hybridized carbons (Fsp3) is 1.00. The molecule has 1 saturated carbocycles. The van der Waals surface area contributed by atoms with Gasteiger partial charge in [-0.3, -0.25) is 0 Å². The van der Waals surface area contributed by atoms with E-state index in [1.54, 1.807) is 0 Å². The molecule has 1 aliphatic carbocycles. The molecule has 2 rings (SSSR count). The third kappa shape index (κ3) is 1.50. The van der Waals surface area contributed by atoms with Crippen molar-refractivity contribution in [2.24, 2.45) is 5.73 Å². The summed E-state index contributed by atoms with van der Waals surface area (Å²) in [5, 5.41) is -0.0569. The van der Waals surface area contributed by atoms with Crippen LogP contribution in [0.3, 0.4) is 0 Å². The van der Waals surface area contributed by atoms with E-state index in [2.05, 4.69) is 0 Å². The van der Waals surface area contributed by atoms with Gasteiger partial charge in [0.15, 0.2) is 9.84 Å². The van der Waals surface area contributed by atoms with E-state index in [0.717, 1.165) is 32.1 Å². The molecule has 1 aliphatic heterocycles. The Morgan fingerprint density at radius 1 is 1.42 bits per heavy atom. The quantitative estimate of drug-likeness (QED) is 0.701. The normalized spacial score (nSPS) is 35.6. The number of hydrogen-bond acceptors (Lipinski definition) is 3. The average Bonchev–Trinajstić information content (AvgIpc) is 2.67. The lowest BCUT2D eigenvalue weighted by Crippen LogP contribution is -2.38. The summed E-state index contributed by atoms with van der Waals surface area (Å²) in [4.78, 5) is 0. The van der Waals surface area contributed by atoms with Crippen LogP contribution in [-0.2, 0) is 9.84 Å². The minimum atomic E-state index is -2.67. The SMILES string of the molecule is NC1(CCC2CCS2(=O)=O)CC1. The molecule has 0 amide bonds.